The summed E-state index contributed by atoms with van der Waals surface area (Å²) in [6.07, 6.45) is 3.88. The maximum atomic E-state index is 12.4. The molecule has 1 aliphatic carbocycles. The minimum atomic E-state index is -0.422. The summed E-state index contributed by atoms with van der Waals surface area (Å²) in [7, 11) is 1.34. The SMILES string of the molecule is COC(=O)c1c(NC(=O)c2cc(Cl)sc2Cl)sc2c1CCCC2. The zero-order valence-corrected chi connectivity index (χ0v) is 15.3. The highest BCUT2D eigenvalue weighted by Gasteiger charge is 2.27. The van der Waals surface area contributed by atoms with Crippen LogP contribution in [0, 0.1) is 0 Å². The average Bonchev–Trinajstić information content (AvgIpc) is 3.05. The second-order valence-corrected chi connectivity index (χ2v) is 8.49. The number of halogens is 2. The molecule has 23 heavy (non-hydrogen) atoms. The molecule has 0 aromatic carbocycles. The first kappa shape index (κ1) is 16.8. The van der Waals surface area contributed by atoms with Crippen LogP contribution in [0.1, 0.15) is 44.0 Å². The molecule has 0 fully saturated rings. The normalized spacial score (nSPS) is 13.5. The lowest BCUT2D eigenvalue weighted by Crippen LogP contribution is -2.14. The minimum absolute atomic E-state index is 0.309. The fourth-order valence-corrected chi connectivity index (χ4v) is 5.37. The Morgan fingerprint density at radius 2 is 1.96 bits per heavy atom. The number of fused-ring (bicyclic) bond motifs is 1. The van der Waals surface area contributed by atoms with Gasteiger partial charge in [0.15, 0.2) is 0 Å². The van der Waals surface area contributed by atoms with Crippen LogP contribution < -0.4 is 5.32 Å². The van der Waals surface area contributed by atoms with Crippen LogP contribution in [0.15, 0.2) is 6.07 Å². The Morgan fingerprint density at radius 1 is 1.22 bits per heavy atom. The van der Waals surface area contributed by atoms with E-state index in [0.29, 0.717) is 24.8 Å². The van der Waals surface area contributed by atoms with E-state index in [9.17, 15) is 9.59 Å². The fourth-order valence-electron chi connectivity index (χ4n) is 2.64. The molecule has 1 aliphatic rings. The van der Waals surface area contributed by atoms with Crippen molar-refractivity contribution in [1.82, 2.24) is 0 Å². The van der Waals surface area contributed by atoms with Crippen molar-refractivity contribution in [3.8, 4) is 0 Å². The Hall–Kier alpha value is -1.08. The van der Waals surface area contributed by atoms with Crippen LogP contribution in [0.4, 0.5) is 5.00 Å². The molecular formula is C15H13Cl2NO3S2. The molecule has 0 aliphatic heterocycles. The number of aryl methyl sites for hydroxylation is 1. The number of carbonyl (C=O) groups excluding carboxylic acids is 2. The number of esters is 1. The number of thiophene rings is 2. The van der Waals surface area contributed by atoms with E-state index >= 15 is 0 Å². The standard InChI is InChI=1S/C15H13Cl2NO3S2/c1-21-15(20)11-7-4-2-3-5-9(7)22-14(11)18-13(19)8-6-10(16)23-12(8)17/h6H,2-5H2,1H3,(H,18,19). The number of anilines is 1. The first-order chi connectivity index (χ1) is 11.0. The van der Waals surface area contributed by atoms with Gasteiger partial charge >= 0.3 is 5.97 Å². The zero-order chi connectivity index (χ0) is 16.6. The molecule has 3 rings (SSSR count). The summed E-state index contributed by atoms with van der Waals surface area (Å²) in [6.45, 7) is 0. The van der Waals surface area contributed by atoms with Crippen LogP contribution >= 0.6 is 45.9 Å². The molecule has 0 atom stereocenters. The zero-order valence-electron chi connectivity index (χ0n) is 12.2. The maximum Gasteiger partial charge on any atom is 0.341 e. The molecule has 4 nitrogen and oxygen atoms in total. The number of rotatable bonds is 3. The average molecular weight is 390 g/mol. The van der Waals surface area contributed by atoms with Gasteiger partial charge in [0.2, 0.25) is 0 Å². The molecular weight excluding hydrogens is 377 g/mol. The predicted molar refractivity (Wildman–Crippen MR) is 94.6 cm³/mol. The molecule has 0 radical (unpaired) electrons. The van der Waals surface area contributed by atoms with E-state index in [0.717, 1.165) is 47.5 Å². The van der Waals surface area contributed by atoms with E-state index in [1.807, 2.05) is 0 Å². The molecule has 8 heteroatoms. The quantitative estimate of drug-likeness (QED) is 0.748. The lowest BCUT2D eigenvalue weighted by molar-refractivity contribution is 0.0601. The van der Waals surface area contributed by atoms with Gasteiger partial charge in [0.1, 0.15) is 9.34 Å². The van der Waals surface area contributed by atoms with Crippen molar-refractivity contribution >= 4 is 62.8 Å². The molecule has 0 saturated carbocycles. The number of methoxy groups -OCH3 is 1. The van der Waals surface area contributed by atoms with Crippen LogP contribution in [0.2, 0.25) is 8.67 Å². The number of nitrogens with one attached hydrogen (secondary N) is 1. The first-order valence-corrected chi connectivity index (χ1v) is 9.39. The molecule has 0 bridgehead atoms. The van der Waals surface area contributed by atoms with Crippen LogP contribution in [0.25, 0.3) is 0 Å². The van der Waals surface area contributed by atoms with Crippen molar-refractivity contribution in [1.29, 1.82) is 0 Å². The Labute approximate surface area is 151 Å². The number of amides is 1. The Morgan fingerprint density at radius 3 is 2.61 bits per heavy atom. The number of hydrogen-bond acceptors (Lipinski definition) is 5. The predicted octanol–water partition coefficient (Wildman–Crippen LogP) is 5.03. The maximum absolute atomic E-state index is 12.4. The smallest absolute Gasteiger partial charge is 0.341 e. The van der Waals surface area contributed by atoms with Gasteiger partial charge in [-0.1, -0.05) is 23.2 Å². The van der Waals surface area contributed by atoms with Gasteiger partial charge in [0.05, 0.1) is 22.6 Å². The number of carbonyl (C=O) groups is 2. The summed E-state index contributed by atoms with van der Waals surface area (Å²) in [4.78, 5) is 25.7. The van der Waals surface area contributed by atoms with Crippen LogP contribution in [0.5, 0.6) is 0 Å². The molecule has 1 N–H and O–H groups in total. The molecule has 2 aromatic heterocycles. The summed E-state index contributed by atoms with van der Waals surface area (Å²) in [5.74, 6) is -0.795. The van der Waals surface area contributed by atoms with Crippen molar-refractivity contribution in [3.05, 3.63) is 36.3 Å². The molecule has 0 saturated heterocycles. The van der Waals surface area contributed by atoms with Crippen molar-refractivity contribution in [3.63, 3.8) is 0 Å². The van der Waals surface area contributed by atoms with Gasteiger partial charge in [-0.2, -0.15) is 0 Å². The Balaban J connectivity index is 1.96. The summed E-state index contributed by atoms with van der Waals surface area (Å²) in [5, 5.41) is 3.32. The summed E-state index contributed by atoms with van der Waals surface area (Å²) < 4.78 is 5.66. The van der Waals surface area contributed by atoms with E-state index in [1.54, 1.807) is 0 Å². The highest BCUT2D eigenvalue weighted by atomic mass is 35.5. The summed E-state index contributed by atoms with van der Waals surface area (Å²) in [6, 6.07) is 1.52. The lowest BCUT2D eigenvalue weighted by Gasteiger charge is -2.11. The number of ether oxygens (including phenoxy) is 1. The number of hydrogen-bond donors (Lipinski definition) is 1. The van der Waals surface area contributed by atoms with Crippen molar-refractivity contribution in [2.75, 3.05) is 12.4 Å². The first-order valence-electron chi connectivity index (χ1n) is 7.00. The van der Waals surface area contributed by atoms with Gasteiger partial charge in [-0.15, -0.1) is 22.7 Å². The highest BCUT2D eigenvalue weighted by Crippen LogP contribution is 2.39. The Bertz CT molecular complexity index is 782. The minimum Gasteiger partial charge on any atom is -0.465 e. The molecule has 0 spiro atoms. The van der Waals surface area contributed by atoms with Gasteiger partial charge < -0.3 is 10.1 Å². The lowest BCUT2D eigenvalue weighted by atomic mass is 9.95. The summed E-state index contributed by atoms with van der Waals surface area (Å²) in [5.41, 5.74) is 1.78. The van der Waals surface area contributed by atoms with Crippen molar-refractivity contribution in [2.24, 2.45) is 0 Å². The molecule has 0 unspecified atom stereocenters. The monoisotopic (exact) mass is 389 g/mol. The van der Waals surface area contributed by atoms with E-state index in [1.165, 1.54) is 24.5 Å². The molecule has 2 heterocycles. The second-order valence-electron chi connectivity index (χ2n) is 5.10. The van der Waals surface area contributed by atoms with Gasteiger partial charge in [-0.3, -0.25) is 4.79 Å². The van der Waals surface area contributed by atoms with Crippen LogP contribution in [-0.2, 0) is 17.6 Å². The van der Waals surface area contributed by atoms with Crippen molar-refractivity contribution < 1.29 is 14.3 Å². The third-order valence-electron chi connectivity index (χ3n) is 3.69. The highest BCUT2D eigenvalue weighted by molar-refractivity contribution is 7.20. The van der Waals surface area contributed by atoms with Crippen LogP contribution in [-0.4, -0.2) is 19.0 Å². The van der Waals surface area contributed by atoms with E-state index in [2.05, 4.69) is 5.32 Å². The molecule has 2 aromatic rings. The van der Waals surface area contributed by atoms with E-state index in [4.69, 9.17) is 27.9 Å². The molecule has 1 amide bonds. The third-order valence-corrected chi connectivity index (χ3v) is 6.38. The van der Waals surface area contributed by atoms with Gasteiger partial charge in [0.25, 0.3) is 5.91 Å². The van der Waals surface area contributed by atoms with Gasteiger partial charge in [-0.25, -0.2) is 4.79 Å². The largest absolute Gasteiger partial charge is 0.465 e. The Kier molecular flexibility index (Phi) is 4.96. The second kappa shape index (κ2) is 6.81. The fraction of sp³-hybridized carbons (Fsp3) is 0.333. The summed E-state index contributed by atoms with van der Waals surface area (Å²) >= 11 is 14.5. The van der Waals surface area contributed by atoms with Gasteiger partial charge in [-0.05, 0) is 37.3 Å². The van der Waals surface area contributed by atoms with Crippen molar-refractivity contribution in [2.45, 2.75) is 25.7 Å². The third kappa shape index (κ3) is 3.26. The van der Waals surface area contributed by atoms with Gasteiger partial charge in [0, 0.05) is 4.88 Å². The molecule has 122 valence electrons. The topological polar surface area (TPSA) is 55.4 Å². The van der Waals surface area contributed by atoms with E-state index < -0.39 is 5.97 Å². The van der Waals surface area contributed by atoms with Crippen LogP contribution in [0.3, 0.4) is 0 Å². The van der Waals surface area contributed by atoms with E-state index in [-0.39, 0.29) is 5.91 Å².